The van der Waals surface area contributed by atoms with E-state index in [4.69, 9.17) is 9.97 Å². The molecule has 4 rings (SSSR count). The molecular weight excluding hydrogens is 394 g/mol. The molecule has 0 aliphatic heterocycles. The molecule has 2 N–H and O–H groups in total. The molecule has 0 atom stereocenters. The fourth-order valence-electron chi connectivity index (χ4n) is 4.05. The molecule has 2 heterocycles. The predicted molar refractivity (Wildman–Crippen MR) is 124 cm³/mol. The Morgan fingerprint density at radius 2 is 1.90 bits per heavy atom. The number of thiophene rings is 1. The highest BCUT2D eigenvalue weighted by atomic mass is 32.1. The van der Waals surface area contributed by atoms with Crippen LogP contribution < -0.4 is 15.5 Å². The third-order valence-corrected chi connectivity index (χ3v) is 6.57. The van der Waals surface area contributed by atoms with Crippen LogP contribution in [0.4, 0.5) is 11.8 Å². The second-order valence-corrected chi connectivity index (χ2v) is 9.24. The summed E-state index contributed by atoms with van der Waals surface area (Å²) < 4.78 is 0. The van der Waals surface area contributed by atoms with E-state index in [9.17, 15) is 4.79 Å². The van der Waals surface area contributed by atoms with Crippen LogP contribution in [0, 0.1) is 5.92 Å². The number of amides is 1. The van der Waals surface area contributed by atoms with Gasteiger partial charge in [0.05, 0.1) is 11.9 Å². The summed E-state index contributed by atoms with van der Waals surface area (Å²) in [5, 5.41) is 9.74. The fraction of sp³-hybridized carbons (Fsp3) is 0.435. The minimum Gasteiger partial charge on any atom is -0.362 e. The van der Waals surface area contributed by atoms with Crippen LogP contribution >= 0.6 is 11.3 Å². The smallest absolute Gasteiger partial charge is 0.225 e. The van der Waals surface area contributed by atoms with Crippen molar-refractivity contribution in [2.24, 2.45) is 5.92 Å². The number of anilines is 2. The molecule has 1 aliphatic rings. The van der Waals surface area contributed by atoms with Crippen molar-refractivity contribution in [2.45, 2.75) is 38.1 Å². The normalized spacial score (nSPS) is 18.9. The van der Waals surface area contributed by atoms with Crippen LogP contribution in [-0.4, -0.2) is 42.6 Å². The first kappa shape index (κ1) is 20.6. The third kappa shape index (κ3) is 5.08. The van der Waals surface area contributed by atoms with Gasteiger partial charge >= 0.3 is 0 Å². The van der Waals surface area contributed by atoms with Crippen molar-refractivity contribution in [1.29, 1.82) is 0 Å². The van der Waals surface area contributed by atoms with Crippen molar-refractivity contribution in [3.63, 3.8) is 0 Å². The molecule has 0 spiro atoms. The molecule has 3 aromatic rings. The molecule has 30 heavy (non-hydrogen) atoms. The molecule has 2 aromatic heterocycles. The summed E-state index contributed by atoms with van der Waals surface area (Å²) in [7, 11) is 4.02. The predicted octanol–water partition coefficient (Wildman–Crippen LogP) is 4.09. The van der Waals surface area contributed by atoms with E-state index in [-0.39, 0.29) is 5.91 Å². The summed E-state index contributed by atoms with van der Waals surface area (Å²) in [6.07, 6.45) is 4.83. The quantitative estimate of drug-likeness (QED) is 0.599. The van der Waals surface area contributed by atoms with Crippen LogP contribution in [0.15, 0.2) is 41.8 Å². The van der Waals surface area contributed by atoms with Crippen molar-refractivity contribution in [3.8, 4) is 0 Å². The van der Waals surface area contributed by atoms with Crippen LogP contribution in [0.25, 0.3) is 10.9 Å². The molecule has 158 valence electrons. The molecule has 7 heteroatoms. The molecule has 0 radical (unpaired) electrons. The van der Waals surface area contributed by atoms with Gasteiger partial charge in [0.15, 0.2) is 0 Å². The summed E-state index contributed by atoms with van der Waals surface area (Å²) in [6, 6.07) is 12.5. The largest absolute Gasteiger partial charge is 0.362 e. The number of aromatic nitrogens is 2. The van der Waals surface area contributed by atoms with Gasteiger partial charge in [-0.2, -0.15) is 4.98 Å². The van der Waals surface area contributed by atoms with E-state index in [2.05, 4.69) is 16.7 Å². The van der Waals surface area contributed by atoms with Crippen molar-refractivity contribution in [3.05, 3.63) is 46.7 Å². The van der Waals surface area contributed by atoms with Crippen molar-refractivity contribution in [2.75, 3.05) is 30.9 Å². The summed E-state index contributed by atoms with van der Waals surface area (Å²) in [6.45, 7) is 0.772. The Bertz CT molecular complexity index is 980. The fourth-order valence-corrected chi connectivity index (χ4v) is 4.75. The van der Waals surface area contributed by atoms with Gasteiger partial charge in [-0.25, -0.2) is 4.98 Å². The van der Waals surface area contributed by atoms with Crippen LogP contribution in [0.2, 0.25) is 0 Å². The zero-order valence-corrected chi connectivity index (χ0v) is 18.4. The lowest BCUT2D eigenvalue weighted by Gasteiger charge is -2.29. The van der Waals surface area contributed by atoms with E-state index >= 15 is 0 Å². The van der Waals surface area contributed by atoms with Gasteiger partial charge in [-0.1, -0.05) is 18.2 Å². The number of carbonyl (C=O) groups excluding carboxylic acids is 1. The standard InChI is InChI=1S/C23H29N5OS/c1-28(2)22-19-7-3-4-8-20(19)26-23(27-22)25-17-11-9-16(10-12-17)15-24-21(29)14-18-6-5-13-30-18/h3-8,13,16-17H,9-12,14-15H2,1-2H3,(H,24,29)(H,25,26,27)/t16-,17+. The minimum absolute atomic E-state index is 0.124. The Morgan fingerprint density at radius 1 is 1.10 bits per heavy atom. The van der Waals surface area contributed by atoms with Crippen LogP contribution in [0.3, 0.4) is 0 Å². The number of benzene rings is 1. The van der Waals surface area contributed by atoms with E-state index in [1.807, 2.05) is 54.7 Å². The minimum atomic E-state index is 0.124. The Morgan fingerprint density at radius 3 is 2.63 bits per heavy atom. The monoisotopic (exact) mass is 423 g/mol. The molecular formula is C23H29N5OS. The van der Waals surface area contributed by atoms with Gasteiger partial charge in [0, 0.05) is 36.9 Å². The zero-order valence-electron chi connectivity index (χ0n) is 17.6. The van der Waals surface area contributed by atoms with Crippen molar-refractivity contribution < 1.29 is 4.79 Å². The van der Waals surface area contributed by atoms with Gasteiger partial charge in [-0.3, -0.25) is 4.79 Å². The van der Waals surface area contributed by atoms with E-state index in [0.717, 1.165) is 53.8 Å². The number of para-hydroxylation sites is 1. The van der Waals surface area contributed by atoms with Gasteiger partial charge in [0.25, 0.3) is 0 Å². The first-order chi connectivity index (χ1) is 14.6. The highest BCUT2D eigenvalue weighted by Crippen LogP contribution is 2.28. The number of hydrogen-bond acceptors (Lipinski definition) is 6. The third-order valence-electron chi connectivity index (χ3n) is 5.69. The van der Waals surface area contributed by atoms with Crippen LogP contribution in [-0.2, 0) is 11.2 Å². The van der Waals surface area contributed by atoms with Crippen molar-refractivity contribution in [1.82, 2.24) is 15.3 Å². The van der Waals surface area contributed by atoms with E-state index < -0.39 is 0 Å². The van der Waals surface area contributed by atoms with E-state index in [1.165, 1.54) is 0 Å². The molecule has 6 nitrogen and oxygen atoms in total. The highest BCUT2D eigenvalue weighted by molar-refractivity contribution is 7.10. The summed E-state index contributed by atoms with van der Waals surface area (Å²) in [5.74, 6) is 2.30. The molecule has 1 saturated carbocycles. The number of nitrogens with zero attached hydrogens (tertiary/aromatic N) is 3. The van der Waals surface area contributed by atoms with Gasteiger partial charge in [-0.15, -0.1) is 11.3 Å². The maximum Gasteiger partial charge on any atom is 0.225 e. The highest BCUT2D eigenvalue weighted by Gasteiger charge is 2.22. The van der Waals surface area contributed by atoms with Gasteiger partial charge in [0.2, 0.25) is 11.9 Å². The molecule has 0 unspecified atom stereocenters. The van der Waals surface area contributed by atoms with Gasteiger partial charge in [0.1, 0.15) is 5.82 Å². The van der Waals surface area contributed by atoms with Crippen LogP contribution in [0.1, 0.15) is 30.6 Å². The average Bonchev–Trinajstić information content (AvgIpc) is 3.25. The lowest BCUT2D eigenvalue weighted by Crippen LogP contribution is -2.34. The summed E-state index contributed by atoms with van der Waals surface area (Å²) in [4.78, 5) is 24.7. The first-order valence-electron chi connectivity index (χ1n) is 10.6. The number of fused-ring (bicyclic) bond motifs is 1. The number of carbonyl (C=O) groups is 1. The maximum absolute atomic E-state index is 12.1. The second kappa shape index (κ2) is 9.43. The Kier molecular flexibility index (Phi) is 6.47. The zero-order chi connectivity index (χ0) is 20.9. The molecule has 0 saturated heterocycles. The lowest BCUT2D eigenvalue weighted by atomic mass is 9.86. The number of hydrogen-bond donors (Lipinski definition) is 2. The van der Waals surface area contributed by atoms with Gasteiger partial charge < -0.3 is 15.5 Å². The molecule has 1 fully saturated rings. The first-order valence-corrected chi connectivity index (χ1v) is 11.5. The maximum atomic E-state index is 12.1. The van der Waals surface area contributed by atoms with Crippen LogP contribution in [0.5, 0.6) is 0 Å². The Balaban J connectivity index is 1.29. The Hall–Kier alpha value is -2.67. The molecule has 1 amide bonds. The summed E-state index contributed by atoms with van der Waals surface area (Å²) in [5.41, 5.74) is 0.959. The second-order valence-electron chi connectivity index (χ2n) is 8.20. The topological polar surface area (TPSA) is 70.2 Å². The van der Waals surface area contributed by atoms with E-state index in [1.54, 1.807) is 11.3 Å². The van der Waals surface area contributed by atoms with Gasteiger partial charge in [-0.05, 0) is 55.2 Å². The Labute approximate surface area is 181 Å². The SMILES string of the molecule is CN(C)c1nc(N[C@H]2CC[C@@H](CNC(=O)Cc3cccs3)CC2)nc2ccccc12. The van der Waals surface area contributed by atoms with Crippen molar-refractivity contribution >= 4 is 39.9 Å². The summed E-state index contributed by atoms with van der Waals surface area (Å²) >= 11 is 1.63. The van der Waals surface area contributed by atoms with E-state index in [0.29, 0.717) is 24.3 Å². The molecule has 1 aromatic carbocycles. The number of rotatable bonds is 7. The lowest BCUT2D eigenvalue weighted by molar-refractivity contribution is -0.120. The molecule has 1 aliphatic carbocycles. The molecule has 0 bridgehead atoms. The number of nitrogens with one attached hydrogen (secondary N) is 2. The average molecular weight is 424 g/mol.